The highest BCUT2D eigenvalue weighted by molar-refractivity contribution is 5.78. The third-order valence-electron chi connectivity index (χ3n) is 6.35. The van der Waals surface area contributed by atoms with Crippen LogP contribution in [0.4, 0.5) is 0 Å². The van der Waals surface area contributed by atoms with Crippen molar-refractivity contribution < 1.29 is 0 Å². The molecule has 2 aromatic rings. The van der Waals surface area contributed by atoms with Crippen molar-refractivity contribution in [3.63, 3.8) is 0 Å². The van der Waals surface area contributed by atoms with E-state index in [4.69, 9.17) is 0 Å². The largest absolute Gasteiger partial charge is 0.296 e. The summed E-state index contributed by atoms with van der Waals surface area (Å²) in [6, 6.07) is 6.78. The monoisotopic (exact) mass is 338 g/mol. The van der Waals surface area contributed by atoms with Crippen molar-refractivity contribution in [3.8, 4) is 0 Å². The standard InChI is InChI=1S/C22H30N2O/c25-22-20-14-13-18(17-9-5-2-1-3-6-10-17)15-21(20)23-16-24(22)19-11-7-4-8-12-19/h13-17,19H,1-12H2. The van der Waals surface area contributed by atoms with Gasteiger partial charge in [0, 0.05) is 6.04 Å². The van der Waals surface area contributed by atoms with Gasteiger partial charge in [-0.2, -0.15) is 0 Å². The Morgan fingerprint density at radius 2 is 1.48 bits per heavy atom. The van der Waals surface area contributed by atoms with Crippen LogP contribution >= 0.6 is 0 Å². The summed E-state index contributed by atoms with van der Waals surface area (Å²) in [5.41, 5.74) is 2.43. The predicted molar refractivity (Wildman–Crippen MR) is 103 cm³/mol. The van der Waals surface area contributed by atoms with Gasteiger partial charge in [0.25, 0.3) is 5.56 Å². The summed E-state index contributed by atoms with van der Waals surface area (Å²) in [4.78, 5) is 17.6. The van der Waals surface area contributed by atoms with Gasteiger partial charge in [-0.1, -0.05) is 57.4 Å². The normalized spacial score (nSPS) is 21.1. The second-order valence-corrected chi connectivity index (χ2v) is 8.07. The molecule has 0 atom stereocenters. The summed E-state index contributed by atoms with van der Waals surface area (Å²) in [7, 11) is 0. The third-order valence-corrected chi connectivity index (χ3v) is 6.35. The molecule has 0 radical (unpaired) electrons. The number of hydrogen-bond acceptors (Lipinski definition) is 2. The lowest BCUT2D eigenvalue weighted by Crippen LogP contribution is -2.26. The van der Waals surface area contributed by atoms with E-state index in [1.54, 1.807) is 0 Å². The van der Waals surface area contributed by atoms with Gasteiger partial charge < -0.3 is 0 Å². The van der Waals surface area contributed by atoms with Crippen LogP contribution in [0.5, 0.6) is 0 Å². The Morgan fingerprint density at radius 3 is 2.24 bits per heavy atom. The molecule has 4 rings (SSSR count). The summed E-state index contributed by atoms with van der Waals surface area (Å²) in [6.07, 6.45) is 17.2. The Hall–Kier alpha value is -1.64. The first-order valence-electron chi connectivity index (χ1n) is 10.3. The zero-order valence-corrected chi connectivity index (χ0v) is 15.3. The lowest BCUT2D eigenvalue weighted by atomic mass is 9.86. The van der Waals surface area contributed by atoms with Crippen LogP contribution in [0.15, 0.2) is 29.3 Å². The highest BCUT2D eigenvalue weighted by Crippen LogP contribution is 2.32. The third kappa shape index (κ3) is 3.65. The average Bonchev–Trinajstić information content (AvgIpc) is 2.62. The van der Waals surface area contributed by atoms with E-state index >= 15 is 0 Å². The minimum atomic E-state index is 0.154. The van der Waals surface area contributed by atoms with Gasteiger partial charge >= 0.3 is 0 Å². The molecule has 0 amide bonds. The first kappa shape index (κ1) is 16.8. The molecule has 2 aliphatic rings. The van der Waals surface area contributed by atoms with Gasteiger partial charge in [0.2, 0.25) is 0 Å². The Kier molecular flexibility index (Phi) is 5.19. The summed E-state index contributed by atoms with van der Waals surface area (Å²) in [5.74, 6) is 0.646. The molecule has 1 aromatic heterocycles. The van der Waals surface area contributed by atoms with Crippen molar-refractivity contribution >= 4 is 10.9 Å². The Morgan fingerprint density at radius 1 is 0.840 bits per heavy atom. The Bertz CT molecular complexity index is 765. The summed E-state index contributed by atoms with van der Waals surface area (Å²) < 4.78 is 1.90. The topological polar surface area (TPSA) is 34.9 Å². The van der Waals surface area contributed by atoms with Gasteiger partial charge in [0.1, 0.15) is 0 Å². The highest BCUT2D eigenvalue weighted by atomic mass is 16.1. The molecule has 1 heterocycles. The maximum atomic E-state index is 12.9. The molecule has 0 N–H and O–H groups in total. The van der Waals surface area contributed by atoms with Crippen LogP contribution in [0.3, 0.4) is 0 Å². The fourth-order valence-corrected chi connectivity index (χ4v) is 4.81. The van der Waals surface area contributed by atoms with Crippen molar-refractivity contribution in [2.45, 2.75) is 89.0 Å². The zero-order chi connectivity index (χ0) is 17.1. The molecular weight excluding hydrogens is 308 g/mol. The van der Waals surface area contributed by atoms with Crippen LogP contribution in [-0.2, 0) is 0 Å². The van der Waals surface area contributed by atoms with Crippen LogP contribution in [0.25, 0.3) is 10.9 Å². The van der Waals surface area contributed by atoms with Crippen LogP contribution < -0.4 is 5.56 Å². The van der Waals surface area contributed by atoms with Gasteiger partial charge in [-0.05, 0) is 49.3 Å². The van der Waals surface area contributed by atoms with E-state index in [2.05, 4.69) is 17.1 Å². The van der Waals surface area contributed by atoms with Crippen molar-refractivity contribution in [3.05, 3.63) is 40.4 Å². The molecule has 2 saturated carbocycles. The number of hydrogen-bond donors (Lipinski definition) is 0. The first-order chi connectivity index (χ1) is 12.3. The average molecular weight is 338 g/mol. The maximum absolute atomic E-state index is 12.9. The Balaban J connectivity index is 1.63. The zero-order valence-electron chi connectivity index (χ0n) is 15.3. The van der Waals surface area contributed by atoms with Gasteiger partial charge in [-0.3, -0.25) is 9.36 Å². The predicted octanol–water partition coefficient (Wildman–Crippen LogP) is 5.73. The quantitative estimate of drug-likeness (QED) is 0.701. The summed E-state index contributed by atoms with van der Waals surface area (Å²) in [6.45, 7) is 0. The fraction of sp³-hybridized carbons (Fsp3) is 0.636. The van der Waals surface area contributed by atoms with Gasteiger partial charge in [-0.25, -0.2) is 4.98 Å². The Labute approximate surface area is 150 Å². The molecule has 0 saturated heterocycles. The molecule has 3 nitrogen and oxygen atoms in total. The smallest absolute Gasteiger partial charge is 0.261 e. The summed E-state index contributed by atoms with van der Waals surface area (Å²) in [5, 5.41) is 0.794. The second kappa shape index (κ2) is 7.72. The van der Waals surface area contributed by atoms with Crippen molar-refractivity contribution in [2.75, 3.05) is 0 Å². The van der Waals surface area contributed by atoms with Gasteiger partial charge in [-0.15, -0.1) is 0 Å². The van der Waals surface area contributed by atoms with Gasteiger partial charge in [0.15, 0.2) is 0 Å². The number of aromatic nitrogens is 2. The van der Waals surface area contributed by atoms with E-state index < -0.39 is 0 Å². The van der Waals surface area contributed by atoms with E-state index in [0.29, 0.717) is 12.0 Å². The van der Waals surface area contributed by atoms with E-state index in [1.807, 2.05) is 17.0 Å². The van der Waals surface area contributed by atoms with E-state index in [-0.39, 0.29) is 5.56 Å². The number of benzene rings is 1. The lowest BCUT2D eigenvalue weighted by Gasteiger charge is -2.24. The number of nitrogens with zero attached hydrogens (tertiary/aromatic N) is 2. The molecule has 0 aliphatic heterocycles. The lowest BCUT2D eigenvalue weighted by molar-refractivity contribution is 0.345. The van der Waals surface area contributed by atoms with Gasteiger partial charge in [0.05, 0.1) is 17.2 Å². The van der Waals surface area contributed by atoms with Crippen LogP contribution in [0, 0.1) is 0 Å². The van der Waals surface area contributed by atoms with Crippen molar-refractivity contribution in [1.29, 1.82) is 0 Å². The van der Waals surface area contributed by atoms with Crippen LogP contribution in [-0.4, -0.2) is 9.55 Å². The van der Waals surface area contributed by atoms with E-state index in [1.165, 1.54) is 69.8 Å². The van der Waals surface area contributed by atoms with E-state index in [0.717, 1.165) is 23.7 Å². The van der Waals surface area contributed by atoms with E-state index in [9.17, 15) is 4.79 Å². The molecule has 2 aliphatic carbocycles. The number of rotatable bonds is 2. The first-order valence-corrected chi connectivity index (χ1v) is 10.3. The molecule has 2 fully saturated rings. The molecule has 0 bridgehead atoms. The van der Waals surface area contributed by atoms with Crippen LogP contribution in [0.1, 0.15) is 94.6 Å². The SMILES string of the molecule is O=c1c2ccc(C3CCCCCCC3)cc2ncn1C1CCCCC1. The molecule has 25 heavy (non-hydrogen) atoms. The minimum absolute atomic E-state index is 0.154. The molecule has 0 unspecified atom stereocenters. The van der Waals surface area contributed by atoms with Crippen molar-refractivity contribution in [2.24, 2.45) is 0 Å². The minimum Gasteiger partial charge on any atom is -0.296 e. The fourth-order valence-electron chi connectivity index (χ4n) is 4.81. The highest BCUT2D eigenvalue weighted by Gasteiger charge is 2.19. The maximum Gasteiger partial charge on any atom is 0.261 e. The molecular formula is C22H30N2O. The summed E-state index contributed by atoms with van der Waals surface area (Å²) >= 11 is 0. The molecule has 0 spiro atoms. The number of fused-ring (bicyclic) bond motifs is 1. The van der Waals surface area contributed by atoms with Crippen molar-refractivity contribution in [1.82, 2.24) is 9.55 Å². The molecule has 1 aromatic carbocycles. The second-order valence-electron chi connectivity index (χ2n) is 8.07. The molecule has 3 heteroatoms. The molecule has 134 valence electrons. The van der Waals surface area contributed by atoms with Crippen LogP contribution in [0.2, 0.25) is 0 Å².